The van der Waals surface area contributed by atoms with Gasteiger partial charge in [0.2, 0.25) is 0 Å². The molecule has 1 aromatic carbocycles. The van der Waals surface area contributed by atoms with E-state index in [1.807, 2.05) is 19.1 Å². The summed E-state index contributed by atoms with van der Waals surface area (Å²) in [5, 5.41) is 4.21. The lowest BCUT2D eigenvalue weighted by atomic mass is 9.99. The zero-order valence-electron chi connectivity index (χ0n) is 9.89. The van der Waals surface area contributed by atoms with E-state index in [1.54, 1.807) is 0 Å². The van der Waals surface area contributed by atoms with Crippen LogP contribution < -0.4 is 5.32 Å². The molecule has 1 aliphatic rings. The van der Waals surface area contributed by atoms with Crippen molar-refractivity contribution in [2.45, 2.75) is 25.7 Å². The Balaban J connectivity index is 2.04. The zero-order chi connectivity index (χ0) is 11.8. The number of imidazole rings is 1. The van der Waals surface area contributed by atoms with Crippen LogP contribution in [0.25, 0.3) is 11.0 Å². The number of piperidine rings is 1. The Hall–Kier alpha value is -1.06. The maximum atomic E-state index is 6.12. The number of nitrogens with zero attached hydrogens (tertiary/aromatic N) is 1. The molecule has 0 radical (unpaired) electrons. The Bertz CT molecular complexity index is 541. The summed E-state index contributed by atoms with van der Waals surface area (Å²) in [6.45, 7) is 4.17. The maximum absolute atomic E-state index is 6.12. The third-order valence-corrected chi connectivity index (χ3v) is 3.95. The van der Waals surface area contributed by atoms with Gasteiger partial charge in [-0.2, -0.15) is 0 Å². The second kappa shape index (κ2) is 4.31. The molecule has 1 unspecified atom stereocenters. The first kappa shape index (κ1) is 11.1. The molecule has 90 valence electrons. The van der Waals surface area contributed by atoms with Gasteiger partial charge < -0.3 is 10.3 Å². The van der Waals surface area contributed by atoms with Crippen molar-refractivity contribution in [3.63, 3.8) is 0 Å². The van der Waals surface area contributed by atoms with Crippen molar-refractivity contribution in [3.8, 4) is 0 Å². The van der Waals surface area contributed by atoms with Crippen LogP contribution in [0.5, 0.6) is 0 Å². The molecule has 0 saturated carbocycles. The third kappa shape index (κ3) is 1.94. The third-order valence-electron chi connectivity index (χ3n) is 3.54. The first-order valence-electron chi connectivity index (χ1n) is 6.11. The summed E-state index contributed by atoms with van der Waals surface area (Å²) in [6.07, 6.45) is 2.43. The molecular formula is C13H16ClN3. The topological polar surface area (TPSA) is 40.7 Å². The zero-order valence-corrected chi connectivity index (χ0v) is 10.6. The Morgan fingerprint density at radius 2 is 2.29 bits per heavy atom. The molecule has 2 N–H and O–H groups in total. The molecule has 1 saturated heterocycles. The quantitative estimate of drug-likeness (QED) is 0.816. The van der Waals surface area contributed by atoms with Crippen LogP contribution in [-0.4, -0.2) is 23.1 Å². The minimum absolute atomic E-state index is 0.509. The van der Waals surface area contributed by atoms with E-state index in [2.05, 4.69) is 10.3 Å². The molecule has 3 rings (SSSR count). The summed E-state index contributed by atoms with van der Waals surface area (Å²) in [4.78, 5) is 8.14. The van der Waals surface area contributed by atoms with Gasteiger partial charge in [0, 0.05) is 17.5 Å². The average molecular weight is 250 g/mol. The van der Waals surface area contributed by atoms with E-state index in [4.69, 9.17) is 16.6 Å². The Kier molecular flexibility index (Phi) is 2.81. The largest absolute Gasteiger partial charge is 0.342 e. The van der Waals surface area contributed by atoms with Gasteiger partial charge in [-0.1, -0.05) is 11.6 Å². The van der Waals surface area contributed by atoms with Crippen molar-refractivity contribution in [3.05, 3.63) is 28.5 Å². The molecule has 0 amide bonds. The molecule has 1 fully saturated rings. The first-order valence-corrected chi connectivity index (χ1v) is 6.49. The number of benzene rings is 1. The van der Waals surface area contributed by atoms with Crippen molar-refractivity contribution < 1.29 is 0 Å². The van der Waals surface area contributed by atoms with Crippen molar-refractivity contribution in [2.75, 3.05) is 13.1 Å². The van der Waals surface area contributed by atoms with Crippen LogP contribution in [0.4, 0.5) is 0 Å². The van der Waals surface area contributed by atoms with Crippen molar-refractivity contribution in [1.82, 2.24) is 15.3 Å². The number of H-pyrrole nitrogens is 1. The standard InChI is InChI=1S/C13H16ClN3/c1-8-10(14)4-5-11-12(8)17-13(16-11)9-3-2-6-15-7-9/h4-5,9,15H,2-3,6-7H2,1H3,(H,16,17). The molecule has 17 heavy (non-hydrogen) atoms. The van der Waals surface area contributed by atoms with Gasteiger partial charge >= 0.3 is 0 Å². The number of hydrogen-bond donors (Lipinski definition) is 2. The SMILES string of the molecule is Cc1c(Cl)ccc2[nH]c(C3CCCNC3)nc12. The summed E-state index contributed by atoms with van der Waals surface area (Å²) in [5.41, 5.74) is 3.17. The number of aromatic nitrogens is 2. The van der Waals surface area contributed by atoms with Crippen molar-refractivity contribution in [2.24, 2.45) is 0 Å². The van der Waals surface area contributed by atoms with Gasteiger partial charge in [0.15, 0.2) is 0 Å². The second-order valence-electron chi connectivity index (χ2n) is 4.73. The molecule has 3 nitrogen and oxygen atoms in total. The van der Waals surface area contributed by atoms with Crippen molar-refractivity contribution in [1.29, 1.82) is 0 Å². The molecule has 4 heteroatoms. The van der Waals surface area contributed by atoms with E-state index in [-0.39, 0.29) is 0 Å². The lowest BCUT2D eigenvalue weighted by Crippen LogP contribution is -2.28. The van der Waals surface area contributed by atoms with Crippen LogP contribution >= 0.6 is 11.6 Å². The van der Waals surface area contributed by atoms with Crippen LogP contribution in [0.3, 0.4) is 0 Å². The van der Waals surface area contributed by atoms with Gasteiger partial charge in [-0.15, -0.1) is 0 Å². The number of halogens is 1. The molecule has 2 heterocycles. The van der Waals surface area contributed by atoms with E-state index in [9.17, 15) is 0 Å². The number of hydrogen-bond acceptors (Lipinski definition) is 2. The van der Waals surface area contributed by atoms with Gasteiger partial charge in [0.25, 0.3) is 0 Å². The van der Waals surface area contributed by atoms with E-state index >= 15 is 0 Å². The maximum Gasteiger partial charge on any atom is 0.111 e. The van der Waals surface area contributed by atoms with Gasteiger partial charge in [-0.05, 0) is 44.0 Å². The highest BCUT2D eigenvalue weighted by Gasteiger charge is 2.19. The van der Waals surface area contributed by atoms with Gasteiger partial charge in [0.05, 0.1) is 11.0 Å². The normalized spacial score (nSPS) is 20.9. The van der Waals surface area contributed by atoms with Crippen LogP contribution in [0.2, 0.25) is 5.02 Å². The molecule has 2 aromatic rings. The van der Waals surface area contributed by atoms with E-state index in [1.165, 1.54) is 12.8 Å². The Morgan fingerprint density at radius 1 is 1.41 bits per heavy atom. The highest BCUT2D eigenvalue weighted by Crippen LogP contribution is 2.27. The predicted octanol–water partition coefficient (Wildman–Crippen LogP) is 2.99. The van der Waals surface area contributed by atoms with Crippen LogP contribution in [0.15, 0.2) is 12.1 Å². The van der Waals surface area contributed by atoms with Crippen LogP contribution in [-0.2, 0) is 0 Å². The number of rotatable bonds is 1. The molecule has 1 aliphatic heterocycles. The number of aromatic amines is 1. The molecule has 1 aromatic heterocycles. The fourth-order valence-corrected chi connectivity index (χ4v) is 2.64. The fraction of sp³-hybridized carbons (Fsp3) is 0.462. The Labute approximate surface area is 106 Å². The lowest BCUT2D eigenvalue weighted by Gasteiger charge is -2.20. The minimum Gasteiger partial charge on any atom is -0.342 e. The van der Waals surface area contributed by atoms with Crippen LogP contribution in [0, 0.1) is 6.92 Å². The summed E-state index contributed by atoms with van der Waals surface area (Å²) in [5.74, 6) is 1.60. The molecule has 0 bridgehead atoms. The average Bonchev–Trinajstić information content (AvgIpc) is 2.80. The number of fused-ring (bicyclic) bond motifs is 1. The summed E-state index contributed by atoms with van der Waals surface area (Å²) >= 11 is 6.12. The summed E-state index contributed by atoms with van der Waals surface area (Å²) in [6, 6.07) is 3.94. The molecular weight excluding hydrogens is 234 g/mol. The molecule has 1 atom stereocenters. The van der Waals surface area contributed by atoms with Gasteiger partial charge in [0.1, 0.15) is 5.82 Å². The van der Waals surface area contributed by atoms with E-state index in [0.717, 1.165) is 40.5 Å². The monoisotopic (exact) mass is 249 g/mol. The second-order valence-corrected chi connectivity index (χ2v) is 5.14. The molecule has 0 aliphatic carbocycles. The molecule has 0 spiro atoms. The smallest absolute Gasteiger partial charge is 0.111 e. The number of nitrogens with one attached hydrogen (secondary N) is 2. The number of aryl methyl sites for hydroxylation is 1. The highest BCUT2D eigenvalue weighted by atomic mass is 35.5. The minimum atomic E-state index is 0.509. The van der Waals surface area contributed by atoms with Crippen LogP contribution in [0.1, 0.15) is 30.1 Å². The Morgan fingerprint density at radius 3 is 3.06 bits per heavy atom. The summed E-state index contributed by atoms with van der Waals surface area (Å²) < 4.78 is 0. The van der Waals surface area contributed by atoms with Crippen molar-refractivity contribution >= 4 is 22.6 Å². The highest BCUT2D eigenvalue weighted by molar-refractivity contribution is 6.32. The van der Waals surface area contributed by atoms with Gasteiger partial charge in [-0.25, -0.2) is 4.98 Å². The van der Waals surface area contributed by atoms with E-state index < -0.39 is 0 Å². The summed E-state index contributed by atoms with van der Waals surface area (Å²) in [7, 11) is 0. The van der Waals surface area contributed by atoms with E-state index in [0.29, 0.717) is 5.92 Å². The lowest BCUT2D eigenvalue weighted by molar-refractivity contribution is 0.449. The van der Waals surface area contributed by atoms with Gasteiger partial charge in [-0.3, -0.25) is 0 Å². The predicted molar refractivity (Wildman–Crippen MR) is 70.7 cm³/mol. The fourth-order valence-electron chi connectivity index (χ4n) is 2.49. The first-order chi connectivity index (χ1) is 8.25.